The van der Waals surface area contributed by atoms with E-state index in [1.807, 2.05) is 0 Å². The molecule has 0 aliphatic rings. The Morgan fingerprint density at radius 3 is 2.79 bits per heavy atom. The van der Waals surface area contributed by atoms with Crippen molar-refractivity contribution < 1.29 is 14.1 Å². The summed E-state index contributed by atoms with van der Waals surface area (Å²) in [6.07, 6.45) is 1.59. The topological polar surface area (TPSA) is 65.3 Å². The van der Waals surface area contributed by atoms with Crippen LogP contribution in [0, 0.1) is 15.9 Å². The van der Waals surface area contributed by atoms with E-state index in [9.17, 15) is 14.5 Å². The number of nitro benzene ring substituents is 1. The lowest BCUT2D eigenvalue weighted by Gasteiger charge is -2.08. The molecule has 0 aliphatic carbocycles. The summed E-state index contributed by atoms with van der Waals surface area (Å²) in [5, 5.41) is 10.1. The van der Waals surface area contributed by atoms with Crippen molar-refractivity contribution in [3.8, 4) is 5.75 Å². The number of rotatable bonds is 4. The van der Waals surface area contributed by atoms with Gasteiger partial charge in [-0.25, -0.2) is 0 Å². The number of nitrogens with zero attached hydrogens (tertiary/aromatic N) is 2. The highest BCUT2D eigenvalue weighted by atomic mass is 35.5. The lowest BCUT2D eigenvalue weighted by molar-refractivity contribution is -0.387. The van der Waals surface area contributed by atoms with Gasteiger partial charge in [0.05, 0.1) is 10.6 Å². The second-order valence-corrected chi connectivity index (χ2v) is 3.96. The molecule has 0 N–H and O–H groups in total. The van der Waals surface area contributed by atoms with E-state index in [1.54, 1.807) is 24.4 Å². The van der Waals surface area contributed by atoms with Gasteiger partial charge in [-0.05, 0) is 18.2 Å². The fourth-order valence-electron chi connectivity index (χ4n) is 1.41. The van der Waals surface area contributed by atoms with Crippen molar-refractivity contribution in [1.29, 1.82) is 0 Å². The molecular weight excluding hydrogens is 275 g/mol. The van der Waals surface area contributed by atoms with Crippen LogP contribution in [0.25, 0.3) is 0 Å². The van der Waals surface area contributed by atoms with Crippen LogP contribution in [-0.4, -0.2) is 9.91 Å². The molecule has 1 aromatic heterocycles. The Kier molecular flexibility index (Phi) is 3.91. The van der Waals surface area contributed by atoms with E-state index < -0.39 is 21.5 Å². The number of ether oxygens (including phenoxy) is 1. The first-order valence-corrected chi connectivity index (χ1v) is 5.62. The third-order valence-corrected chi connectivity index (χ3v) is 2.68. The zero-order valence-corrected chi connectivity index (χ0v) is 10.3. The lowest BCUT2D eigenvalue weighted by Crippen LogP contribution is -2.00. The van der Waals surface area contributed by atoms with Gasteiger partial charge in [0, 0.05) is 12.3 Å². The third-order valence-electron chi connectivity index (χ3n) is 2.32. The normalized spacial score (nSPS) is 10.2. The Labute approximate surface area is 112 Å². The Bertz CT molecular complexity index is 607. The number of benzene rings is 1. The average Bonchev–Trinajstić information content (AvgIpc) is 2.41. The largest absolute Gasteiger partial charge is 0.486 e. The van der Waals surface area contributed by atoms with E-state index in [-0.39, 0.29) is 12.4 Å². The van der Waals surface area contributed by atoms with Crippen LogP contribution in [0.4, 0.5) is 10.1 Å². The van der Waals surface area contributed by atoms with Gasteiger partial charge < -0.3 is 4.74 Å². The summed E-state index contributed by atoms with van der Waals surface area (Å²) in [6, 6.07) is 7.53. The predicted octanol–water partition coefficient (Wildman–Crippen LogP) is 3.36. The molecule has 0 aliphatic heterocycles. The minimum atomic E-state index is -1.11. The van der Waals surface area contributed by atoms with Crippen LogP contribution in [0.5, 0.6) is 5.75 Å². The van der Waals surface area contributed by atoms with Crippen molar-refractivity contribution in [2.24, 2.45) is 0 Å². The van der Waals surface area contributed by atoms with E-state index >= 15 is 0 Å². The molecule has 0 saturated carbocycles. The Morgan fingerprint density at radius 1 is 1.37 bits per heavy atom. The van der Waals surface area contributed by atoms with Crippen LogP contribution in [0.2, 0.25) is 5.02 Å². The second kappa shape index (κ2) is 5.62. The van der Waals surface area contributed by atoms with Gasteiger partial charge in [0.15, 0.2) is 0 Å². The average molecular weight is 283 g/mol. The van der Waals surface area contributed by atoms with E-state index in [0.717, 1.165) is 6.07 Å². The Hall–Kier alpha value is -2.21. The zero-order chi connectivity index (χ0) is 13.8. The maximum Gasteiger partial charge on any atom is 0.306 e. The predicted molar refractivity (Wildman–Crippen MR) is 66.6 cm³/mol. The van der Waals surface area contributed by atoms with Gasteiger partial charge in [0.1, 0.15) is 17.4 Å². The third kappa shape index (κ3) is 2.97. The van der Waals surface area contributed by atoms with E-state index in [2.05, 4.69) is 4.98 Å². The molecule has 2 rings (SSSR count). The number of pyridine rings is 1. The summed E-state index contributed by atoms with van der Waals surface area (Å²) in [5.74, 6) is -1.07. The van der Waals surface area contributed by atoms with Crippen molar-refractivity contribution in [3.05, 3.63) is 63.2 Å². The van der Waals surface area contributed by atoms with Gasteiger partial charge in [-0.1, -0.05) is 17.7 Å². The molecule has 0 spiro atoms. The molecule has 19 heavy (non-hydrogen) atoms. The Balaban J connectivity index is 2.18. The maximum absolute atomic E-state index is 13.6. The van der Waals surface area contributed by atoms with Gasteiger partial charge >= 0.3 is 5.69 Å². The van der Waals surface area contributed by atoms with Gasteiger partial charge in [-0.15, -0.1) is 0 Å². The van der Waals surface area contributed by atoms with Crippen molar-refractivity contribution in [3.63, 3.8) is 0 Å². The minimum absolute atomic E-state index is 0.0374. The van der Waals surface area contributed by atoms with Crippen LogP contribution < -0.4 is 4.74 Å². The quantitative estimate of drug-likeness (QED) is 0.637. The van der Waals surface area contributed by atoms with Crippen LogP contribution >= 0.6 is 11.6 Å². The van der Waals surface area contributed by atoms with Crippen molar-refractivity contribution in [1.82, 2.24) is 4.98 Å². The number of hydrogen-bond donors (Lipinski definition) is 0. The number of halogens is 2. The second-order valence-electron chi connectivity index (χ2n) is 3.58. The molecule has 0 radical (unpaired) electrons. The molecule has 2 aromatic rings. The van der Waals surface area contributed by atoms with E-state index in [0.29, 0.717) is 5.69 Å². The highest BCUT2D eigenvalue weighted by Crippen LogP contribution is 2.33. The molecule has 0 atom stereocenters. The highest BCUT2D eigenvalue weighted by Gasteiger charge is 2.20. The van der Waals surface area contributed by atoms with Gasteiger partial charge in [-0.3, -0.25) is 15.1 Å². The zero-order valence-electron chi connectivity index (χ0n) is 9.55. The van der Waals surface area contributed by atoms with Gasteiger partial charge in [-0.2, -0.15) is 4.39 Å². The van der Waals surface area contributed by atoms with Crippen molar-refractivity contribution in [2.75, 3.05) is 0 Å². The molecular formula is C12H8ClFN2O3. The van der Waals surface area contributed by atoms with Gasteiger partial charge in [0.2, 0.25) is 5.82 Å². The smallest absolute Gasteiger partial charge is 0.306 e. The first-order chi connectivity index (χ1) is 9.09. The van der Waals surface area contributed by atoms with Gasteiger partial charge in [0.25, 0.3) is 0 Å². The first-order valence-electron chi connectivity index (χ1n) is 5.24. The fraction of sp³-hybridized carbons (Fsp3) is 0.0833. The molecule has 1 aromatic carbocycles. The maximum atomic E-state index is 13.6. The summed E-state index contributed by atoms with van der Waals surface area (Å²) in [7, 11) is 0. The number of hydrogen-bond acceptors (Lipinski definition) is 4. The summed E-state index contributed by atoms with van der Waals surface area (Å²) in [6.45, 7) is 0.0951. The van der Waals surface area contributed by atoms with Crippen molar-refractivity contribution in [2.45, 2.75) is 6.61 Å². The molecule has 5 nitrogen and oxygen atoms in total. The summed E-state index contributed by atoms with van der Waals surface area (Å²) in [5.41, 5.74) is -0.0486. The SMILES string of the molecule is O=[N+]([O-])c1ccc(OCc2ccccn2)c(Cl)c1F. The molecule has 98 valence electrons. The molecule has 0 fully saturated rings. The number of aromatic nitrogens is 1. The lowest BCUT2D eigenvalue weighted by atomic mass is 10.3. The van der Waals surface area contributed by atoms with E-state index in [1.165, 1.54) is 6.07 Å². The molecule has 0 unspecified atom stereocenters. The van der Waals surface area contributed by atoms with Crippen LogP contribution in [0.1, 0.15) is 5.69 Å². The summed E-state index contributed by atoms with van der Waals surface area (Å²) < 4.78 is 18.9. The molecule has 7 heteroatoms. The highest BCUT2D eigenvalue weighted by molar-refractivity contribution is 6.32. The molecule has 1 heterocycles. The summed E-state index contributed by atoms with van der Waals surface area (Å²) in [4.78, 5) is 13.7. The van der Waals surface area contributed by atoms with E-state index in [4.69, 9.17) is 16.3 Å². The standard InChI is InChI=1S/C12H8ClFN2O3/c13-11-10(5-4-9(12(11)14)16(17)18)19-7-8-3-1-2-6-15-8/h1-6H,7H2. The molecule has 0 saturated heterocycles. The minimum Gasteiger partial charge on any atom is -0.486 e. The Morgan fingerprint density at radius 2 is 2.16 bits per heavy atom. The van der Waals surface area contributed by atoms with Crippen LogP contribution in [-0.2, 0) is 6.61 Å². The van der Waals surface area contributed by atoms with Crippen molar-refractivity contribution >= 4 is 17.3 Å². The summed E-state index contributed by atoms with van der Waals surface area (Å²) >= 11 is 5.68. The molecule has 0 amide bonds. The number of nitro groups is 1. The monoisotopic (exact) mass is 282 g/mol. The van der Waals surface area contributed by atoms with Crippen LogP contribution in [0.15, 0.2) is 36.5 Å². The van der Waals surface area contributed by atoms with Crippen LogP contribution in [0.3, 0.4) is 0 Å². The fourth-order valence-corrected chi connectivity index (χ4v) is 1.62. The first kappa shape index (κ1) is 13.2. The molecule has 0 bridgehead atoms.